The largest absolute Gasteiger partial charge is 0.313 e. The Morgan fingerprint density at radius 1 is 0.362 bits per heavy atom. The van der Waals surface area contributed by atoms with E-state index in [1.165, 1.54) is 0 Å². The molecule has 0 spiro atoms. The van der Waals surface area contributed by atoms with Gasteiger partial charge in [0.2, 0.25) is 17.3 Å². The molecule has 0 N–H and O–H groups in total. The number of hydrogen-bond donors (Lipinski definition) is 0. The van der Waals surface area contributed by atoms with Gasteiger partial charge in [-0.3, -0.25) is 14.4 Å². The number of benzene rings is 3. The lowest BCUT2D eigenvalue weighted by atomic mass is 9.79. The molecule has 0 fully saturated rings. The van der Waals surface area contributed by atoms with Crippen molar-refractivity contribution < 1.29 is 14.4 Å². The first-order chi connectivity index (χ1) is 28.1. The minimum Gasteiger partial charge on any atom is -0.313 e. The fourth-order valence-electron chi connectivity index (χ4n) is 9.30. The summed E-state index contributed by atoms with van der Waals surface area (Å²) in [5.74, 6) is -0.707. The van der Waals surface area contributed by atoms with E-state index in [1.54, 1.807) is 0 Å². The van der Waals surface area contributed by atoms with Gasteiger partial charge in [0, 0.05) is 41.2 Å². The summed E-state index contributed by atoms with van der Waals surface area (Å²) in [4.78, 5) is 44.4. The van der Waals surface area contributed by atoms with Crippen LogP contribution >= 0.6 is 0 Å². The summed E-state index contributed by atoms with van der Waals surface area (Å²) >= 11 is 0. The molecule has 3 aromatic carbocycles. The molecular weight excluding hydrogens is 715 g/mol. The smallest absolute Gasteiger partial charge is 0.210 e. The van der Waals surface area contributed by atoms with Crippen molar-refractivity contribution in [3.8, 4) is 0 Å². The number of carbonyl (C=O) groups is 3. The van der Waals surface area contributed by atoms with E-state index >= 15 is 0 Å². The lowest BCUT2D eigenvalue weighted by molar-refractivity contribution is 0.102. The first-order valence-electron chi connectivity index (χ1n) is 19.7. The second kappa shape index (κ2) is 14.2. The normalized spacial score (nSPS) is 11.6. The molecule has 6 heterocycles. The lowest BCUT2D eigenvalue weighted by Crippen LogP contribution is -2.11. The minimum absolute atomic E-state index is 0.0652. The molecule has 0 saturated heterocycles. The maximum atomic E-state index is 14.8. The Bertz CT molecular complexity index is 2820. The lowest BCUT2D eigenvalue weighted by Gasteiger charge is -2.21. The molecular formula is C52H43N3O3. The van der Waals surface area contributed by atoms with E-state index in [0.717, 1.165) is 66.6 Å². The van der Waals surface area contributed by atoms with Gasteiger partial charge in [0.15, 0.2) is 0 Å². The number of nitrogens with zero attached hydrogens (tertiary/aromatic N) is 3. The molecule has 284 valence electrons. The quantitative estimate of drug-likeness (QED) is 0.138. The van der Waals surface area contributed by atoms with Gasteiger partial charge >= 0.3 is 0 Å². The molecule has 0 amide bonds. The van der Waals surface area contributed by atoms with Gasteiger partial charge in [0.05, 0.1) is 33.6 Å². The third kappa shape index (κ3) is 5.51. The maximum absolute atomic E-state index is 14.8. The van der Waals surface area contributed by atoms with Gasteiger partial charge in [-0.15, -0.1) is 0 Å². The molecule has 6 nitrogen and oxygen atoms in total. The predicted molar refractivity (Wildman–Crippen MR) is 231 cm³/mol. The van der Waals surface area contributed by atoms with E-state index in [1.807, 2.05) is 183 Å². The molecule has 0 bridgehead atoms. The van der Waals surface area contributed by atoms with Crippen LogP contribution in [0.1, 0.15) is 104 Å². The average molecular weight is 758 g/mol. The van der Waals surface area contributed by atoms with Crippen LogP contribution < -0.4 is 0 Å². The summed E-state index contributed by atoms with van der Waals surface area (Å²) in [6.45, 7) is 12.0. The van der Waals surface area contributed by atoms with Crippen molar-refractivity contribution in [2.24, 2.45) is 0 Å². The molecule has 0 radical (unpaired) electrons. The summed E-state index contributed by atoms with van der Waals surface area (Å²) in [7, 11) is 0. The molecule has 58 heavy (non-hydrogen) atoms. The molecule has 0 saturated carbocycles. The molecule has 0 atom stereocenters. The van der Waals surface area contributed by atoms with E-state index in [9.17, 15) is 14.4 Å². The number of ketones is 3. The van der Waals surface area contributed by atoms with Gasteiger partial charge in [-0.05, 0) is 128 Å². The molecule has 0 aliphatic rings. The highest BCUT2D eigenvalue weighted by atomic mass is 16.1. The van der Waals surface area contributed by atoms with E-state index in [2.05, 4.69) is 18.2 Å². The number of fused-ring (bicyclic) bond motifs is 3. The van der Waals surface area contributed by atoms with Crippen molar-refractivity contribution in [1.82, 2.24) is 13.2 Å². The fourth-order valence-corrected chi connectivity index (χ4v) is 9.30. The number of carbonyl (C=O) groups excluding carboxylic acids is 3. The van der Waals surface area contributed by atoms with Gasteiger partial charge in [-0.25, -0.2) is 0 Å². The average Bonchev–Trinajstić information content (AvgIpc) is 3.81. The van der Waals surface area contributed by atoms with E-state index in [0.29, 0.717) is 33.8 Å². The zero-order valence-electron chi connectivity index (χ0n) is 33.5. The summed E-state index contributed by atoms with van der Waals surface area (Å²) < 4.78 is 6.06. The molecule has 0 aliphatic carbocycles. The number of hydrogen-bond acceptors (Lipinski definition) is 3. The predicted octanol–water partition coefficient (Wildman–Crippen LogP) is 11.2. The zero-order valence-corrected chi connectivity index (χ0v) is 33.5. The second-order valence-electron chi connectivity index (χ2n) is 15.4. The Morgan fingerprint density at radius 2 is 0.621 bits per heavy atom. The van der Waals surface area contributed by atoms with Gasteiger partial charge in [0.25, 0.3) is 0 Å². The van der Waals surface area contributed by atoms with Crippen LogP contribution in [-0.2, 0) is 0 Å². The fraction of sp³-hybridized carbons (Fsp3) is 0.135. The molecule has 0 unspecified atom stereocenters. The van der Waals surface area contributed by atoms with E-state index in [4.69, 9.17) is 0 Å². The van der Waals surface area contributed by atoms with Gasteiger partial charge in [-0.1, -0.05) is 91.0 Å². The second-order valence-corrected chi connectivity index (χ2v) is 15.4. The van der Waals surface area contributed by atoms with Crippen molar-refractivity contribution in [2.45, 2.75) is 47.5 Å². The maximum Gasteiger partial charge on any atom is 0.210 e. The van der Waals surface area contributed by atoms with Crippen molar-refractivity contribution >= 4 is 33.9 Å². The highest BCUT2D eigenvalue weighted by molar-refractivity contribution is 6.13. The van der Waals surface area contributed by atoms with Crippen LogP contribution in [0.2, 0.25) is 0 Å². The number of pyridine rings is 3. The summed E-state index contributed by atoms with van der Waals surface area (Å²) in [5, 5.41) is 0. The minimum atomic E-state index is -0.512. The van der Waals surface area contributed by atoms with Crippen LogP contribution in [0.3, 0.4) is 0 Å². The Hall–Kier alpha value is -7.05. The molecule has 9 aromatic rings. The number of rotatable bonds is 9. The standard InChI is InChI=1S/C52H43N3O3/c1-31-19-7-10-22-37(31)50(56)47-34(4)43(40-25-13-16-28-53(40)47)46(44-35(5)48(54-29-17-14-26-41(44)54)51(57)38-23-11-8-20-32(38)2)45-36(6)49(55-30-18-15-27-42(45)55)52(58)39-24-12-9-21-33(39)3/h7-30,46H,1-6H3. The Labute approximate surface area is 337 Å². The van der Waals surface area contributed by atoms with E-state index < -0.39 is 5.92 Å². The highest BCUT2D eigenvalue weighted by Gasteiger charge is 2.37. The van der Waals surface area contributed by atoms with Crippen molar-refractivity contribution in [3.05, 3.63) is 230 Å². The third-order valence-electron chi connectivity index (χ3n) is 12.1. The van der Waals surface area contributed by atoms with E-state index in [-0.39, 0.29) is 17.3 Å². The van der Waals surface area contributed by atoms with Crippen LogP contribution in [0.4, 0.5) is 0 Å². The number of aryl methyl sites for hydroxylation is 3. The van der Waals surface area contributed by atoms with Crippen LogP contribution in [0, 0.1) is 41.5 Å². The summed E-state index contributed by atoms with van der Waals surface area (Å²) in [5.41, 5.74) is 14.4. The monoisotopic (exact) mass is 757 g/mol. The van der Waals surface area contributed by atoms with Gasteiger partial charge in [0.1, 0.15) is 0 Å². The summed E-state index contributed by atoms with van der Waals surface area (Å²) in [6.07, 6.45) is 5.89. The third-order valence-corrected chi connectivity index (χ3v) is 12.1. The van der Waals surface area contributed by atoms with Crippen LogP contribution in [0.15, 0.2) is 146 Å². The van der Waals surface area contributed by atoms with Crippen LogP contribution in [0.5, 0.6) is 0 Å². The van der Waals surface area contributed by atoms with Crippen LogP contribution in [0.25, 0.3) is 16.6 Å². The van der Waals surface area contributed by atoms with Crippen molar-refractivity contribution in [1.29, 1.82) is 0 Å². The first-order valence-corrected chi connectivity index (χ1v) is 19.7. The summed E-state index contributed by atoms with van der Waals surface area (Å²) in [6, 6.07) is 41.2. The van der Waals surface area contributed by atoms with Crippen LogP contribution in [-0.4, -0.2) is 30.6 Å². The van der Waals surface area contributed by atoms with Crippen molar-refractivity contribution in [3.63, 3.8) is 0 Å². The Balaban J connectivity index is 1.42. The molecule has 6 aromatic heterocycles. The van der Waals surface area contributed by atoms with Crippen molar-refractivity contribution in [2.75, 3.05) is 0 Å². The molecule has 9 rings (SSSR count). The Kier molecular flexibility index (Phi) is 8.93. The molecule has 0 aliphatic heterocycles. The first kappa shape index (κ1) is 36.6. The number of aromatic nitrogens is 3. The topological polar surface area (TPSA) is 64.4 Å². The van der Waals surface area contributed by atoms with Gasteiger partial charge in [-0.2, -0.15) is 0 Å². The SMILES string of the molecule is Cc1ccccc1C(=O)c1c(C)c(C(c2c(C)c(C(=O)c3ccccc3C)n3ccccc23)c2c(C)c(C(=O)c3ccccc3C)n3ccccc23)c2ccccn12. The Morgan fingerprint density at radius 3 is 0.897 bits per heavy atom. The molecule has 6 heteroatoms. The van der Waals surface area contributed by atoms with Gasteiger partial charge < -0.3 is 13.2 Å². The highest BCUT2D eigenvalue weighted by Crippen LogP contribution is 2.47. The zero-order chi connectivity index (χ0) is 40.4.